The molecule has 3 aromatic rings. The van der Waals surface area contributed by atoms with E-state index >= 15 is 0 Å². The second kappa shape index (κ2) is 8.59. The van der Waals surface area contributed by atoms with Crippen molar-refractivity contribution in [2.75, 3.05) is 12.4 Å². The topological polar surface area (TPSA) is 86.1 Å². The van der Waals surface area contributed by atoms with Gasteiger partial charge in [-0.1, -0.05) is 6.07 Å². The Bertz CT molecular complexity index is 1370. The summed E-state index contributed by atoms with van der Waals surface area (Å²) in [6.45, 7) is 7.05. The Morgan fingerprint density at radius 2 is 1.85 bits per heavy atom. The van der Waals surface area contributed by atoms with Crippen molar-refractivity contribution in [1.82, 2.24) is 4.40 Å². The van der Waals surface area contributed by atoms with Crippen LogP contribution in [0.4, 0.5) is 14.9 Å². The van der Waals surface area contributed by atoms with Crippen molar-refractivity contribution in [1.29, 1.82) is 0 Å². The zero-order valence-corrected chi connectivity index (χ0v) is 19.8. The minimum atomic E-state index is -0.740. The van der Waals surface area contributed by atoms with Crippen LogP contribution < -0.4 is 10.9 Å². The number of esters is 1. The van der Waals surface area contributed by atoms with Gasteiger partial charge in [-0.25, -0.2) is 14.0 Å². The summed E-state index contributed by atoms with van der Waals surface area (Å²) in [7, 11) is 1.25. The van der Waals surface area contributed by atoms with Gasteiger partial charge in [0.25, 0.3) is 5.56 Å². The number of methoxy groups -OCH3 is 1. The molecule has 1 N–H and O–H groups in total. The van der Waals surface area contributed by atoms with E-state index in [1.807, 2.05) is 6.92 Å². The summed E-state index contributed by atoms with van der Waals surface area (Å²) in [6, 6.07) is 7.87. The Kier molecular flexibility index (Phi) is 5.93. The van der Waals surface area contributed by atoms with Crippen LogP contribution in [0.25, 0.3) is 16.6 Å². The van der Waals surface area contributed by atoms with E-state index in [-0.39, 0.29) is 17.2 Å². The molecule has 1 fully saturated rings. The van der Waals surface area contributed by atoms with Gasteiger partial charge in [-0.2, -0.15) is 0 Å². The maximum atomic E-state index is 14.9. The molecule has 0 aliphatic heterocycles. The number of hydrogen-bond donors (Lipinski definition) is 1. The molecule has 34 heavy (non-hydrogen) atoms. The number of fused-ring (bicyclic) bond motifs is 1. The molecule has 4 rings (SSSR count). The molecule has 0 unspecified atom stereocenters. The SMILES string of the molecule is COC(=O)c1cc(C2CC2)c2c(C)c(-c3ccc(NC(=O)OC(C)(C)C)c(F)c3)ccn2c1=O. The minimum absolute atomic E-state index is 0.00216. The number of carbonyl (C=O) groups excluding carboxylic acids is 2. The molecule has 7 nitrogen and oxygen atoms in total. The number of nitrogens with one attached hydrogen (secondary N) is 1. The van der Waals surface area contributed by atoms with Gasteiger partial charge >= 0.3 is 12.1 Å². The van der Waals surface area contributed by atoms with Crippen molar-refractivity contribution >= 4 is 23.3 Å². The molecule has 0 bridgehead atoms. The lowest BCUT2D eigenvalue weighted by atomic mass is 9.96. The fourth-order valence-electron chi connectivity index (χ4n) is 4.07. The van der Waals surface area contributed by atoms with E-state index < -0.39 is 29.0 Å². The molecule has 1 amide bonds. The number of benzene rings is 1. The van der Waals surface area contributed by atoms with Gasteiger partial charge in [0.2, 0.25) is 0 Å². The lowest BCUT2D eigenvalue weighted by Gasteiger charge is -2.20. The monoisotopic (exact) mass is 466 g/mol. The highest BCUT2D eigenvalue weighted by Gasteiger charge is 2.29. The van der Waals surface area contributed by atoms with Gasteiger partial charge in [0.1, 0.15) is 17.0 Å². The largest absolute Gasteiger partial charge is 0.465 e. The molecule has 8 heteroatoms. The van der Waals surface area contributed by atoms with Crippen molar-refractivity contribution in [3.8, 4) is 11.1 Å². The lowest BCUT2D eigenvalue weighted by molar-refractivity contribution is 0.0596. The van der Waals surface area contributed by atoms with E-state index in [4.69, 9.17) is 9.47 Å². The summed E-state index contributed by atoms with van der Waals surface area (Å²) >= 11 is 0. The Morgan fingerprint density at radius 1 is 1.15 bits per heavy atom. The van der Waals surface area contributed by atoms with Crippen LogP contribution in [-0.2, 0) is 9.47 Å². The van der Waals surface area contributed by atoms with E-state index in [1.165, 1.54) is 23.6 Å². The Balaban J connectivity index is 1.77. The van der Waals surface area contributed by atoms with Crippen LogP contribution >= 0.6 is 0 Å². The molecule has 1 aliphatic rings. The summed E-state index contributed by atoms with van der Waals surface area (Å²) in [5, 5.41) is 2.43. The van der Waals surface area contributed by atoms with Gasteiger partial charge in [-0.15, -0.1) is 0 Å². The Morgan fingerprint density at radius 3 is 2.44 bits per heavy atom. The fraction of sp³-hybridized carbons (Fsp3) is 0.346. The number of halogens is 1. The van der Waals surface area contributed by atoms with Crippen molar-refractivity contribution in [3.63, 3.8) is 0 Å². The molecule has 1 aliphatic carbocycles. The first-order chi connectivity index (χ1) is 16.0. The van der Waals surface area contributed by atoms with Crippen LogP contribution in [0, 0.1) is 12.7 Å². The predicted octanol–water partition coefficient (Wildman–Crippen LogP) is 5.43. The number of aromatic nitrogens is 1. The van der Waals surface area contributed by atoms with Crippen molar-refractivity contribution in [2.45, 2.75) is 52.1 Å². The van der Waals surface area contributed by atoms with Crippen LogP contribution in [0.1, 0.15) is 61.0 Å². The van der Waals surface area contributed by atoms with Gasteiger partial charge in [-0.3, -0.25) is 14.5 Å². The third-order valence-electron chi connectivity index (χ3n) is 5.75. The summed E-state index contributed by atoms with van der Waals surface area (Å²) in [5.74, 6) is -1.02. The average Bonchev–Trinajstić information content (AvgIpc) is 3.59. The number of amides is 1. The standard InChI is InChI=1S/C26H27FN2O5/c1-14-17(16-8-9-21(20(27)12-16)28-25(32)34-26(2,3)4)10-11-29-22(14)18(15-6-7-15)13-19(23(29)30)24(31)33-5/h8-13,15H,6-7H2,1-5H3,(H,28,32). The number of rotatable bonds is 4. The zero-order chi connectivity index (χ0) is 24.8. The van der Waals surface area contributed by atoms with Crippen LogP contribution in [-0.4, -0.2) is 29.2 Å². The second-order valence-electron chi connectivity index (χ2n) is 9.48. The van der Waals surface area contributed by atoms with E-state index in [0.717, 1.165) is 29.5 Å². The highest BCUT2D eigenvalue weighted by atomic mass is 19.1. The highest BCUT2D eigenvalue weighted by molar-refractivity contribution is 5.91. The zero-order valence-electron chi connectivity index (χ0n) is 19.8. The number of nitrogens with zero attached hydrogens (tertiary/aromatic N) is 1. The number of aryl methyl sites for hydroxylation is 1. The smallest absolute Gasteiger partial charge is 0.412 e. The van der Waals surface area contributed by atoms with Crippen molar-refractivity contribution in [2.24, 2.45) is 0 Å². The van der Waals surface area contributed by atoms with Crippen LogP contribution in [0.15, 0.2) is 41.3 Å². The van der Waals surface area contributed by atoms with E-state index in [2.05, 4.69) is 5.32 Å². The molecule has 2 aromatic heterocycles. The first-order valence-electron chi connectivity index (χ1n) is 11.1. The molecule has 1 aromatic carbocycles. The first kappa shape index (κ1) is 23.5. The second-order valence-corrected chi connectivity index (χ2v) is 9.48. The van der Waals surface area contributed by atoms with Gasteiger partial charge in [0.05, 0.1) is 18.3 Å². The summed E-state index contributed by atoms with van der Waals surface area (Å²) in [5.41, 5.74) is 2.61. The number of hydrogen-bond acceptors (Lipinski definition) is 5. The molecule has 1 saturated carbocycles. The molecule has 0 radical (unpaired) electrons. The normalized spacial score (nSPS) is 13.6. The maximum Gasteiger partial charge on any atom is 0.412 e. The lowest BCUT2D eigenvalue weighted by Crippen LogP contribution is -2.27. The quantitative estimate of drug-likeness (QED) is 0.519. The number of ether oxygens (including phenoxy) is 2. The molecule has 0 spiro atoms. The maximum absolute atomic E-state index is 14.9. The van der Waals surface area contributed by atoms with Gasteiger partial charge in [-0.05, 0) is 93.0 Å². The summed E-state index contributed by atoms with van der Waals surface area (Å²) < 4.78 is 26.3. The van der Waals surface area contributed by atoms with E-state index in [0.29, 0.717) is 11.1 Å². The fourth-order valence-corrected chi connectivity index (χ4v) is 4.07. The number of pyridine rings is 2. The predicted molar refractivity (Wildman–Crippen MR) is 127 cm³/mol. The Hall–Kier alpha value is -3.68. The van der Waals surface area contributed by atoms with Crippen LogP contribution in [0.2, 0.25) is 0 Å². The molecule has 178 valence electrons. The summed E-state index contributed by atoms with van der Waals surface area (Å²) in [6.07, 6.45) is 2.80. The van der Waals surface area contributed by atoms with E-state index in [1.54, 1.807) is 45.2 Å². The third kappa shape index (κ3) is 4.53. The summed E-state index contributed by atoms with van der Waals surface area (Å²) in [4.78, 5) is 37.1. The third-order valence-corrected chi connectivity index (χ3v) is 5.75. The van der Waals surface area contributed by atoms with E-state index in [9.17, 15) is 18.8 Å². The van der Waals surface area contributed by atoms with Crippen LogP contribution in [0.5, 0.6) is 0 Å². The first-order valence-corrected chi connectivity index (χ1v) is 11.1. The Labute approximate surface area is 196 Å². The van der Waals surface area contributed by atoms with Gasteiger partial charge in [0.15, 0.2) is 0 Å². The van der Waals surface area contributed by atoms with Crippen molar-refractivity contribution < 1.29 is 23.5 Å². The van der Waals surface area contributed by atoms with Crippen LogP contribution in [0.3, 0.4) is 0 Å². The molecular weight excluding hydrogens is 439 g/mol. The molecular formula is C26H27FN2O5. The van der Waals surface area contributed by atoms with Gasteiger partial charge in [0, 0.05) is 6.20 Å². The molecule has 2 heterocycles. The van der Waals surface area contributed by atoms with Crippen molar-refractivity contribution in [3.05, 3.63) is 69.4 Å². The number of anilines is 1. The molecule has 0 saturated heterocycles. The highest BCUT2D eigenvalue weighted by Crippen LogP contribution is 2.43. The minimum Gasteiger partial charge on any atom is -0.465 e. The molecule has 0 atom stereocenters. The number of carbonyl (C=O) groups is 2. The van der Waals surface area contributed by atoms with Gasteiger partial charge < -0.3 is 9.47 Å². The average molecular weight is 467 g/mol.